The first kappa shape index (κ1) is 10.1. The van der Waals surface area contributed by atoms with Gasteiger partial charge in [-0.2, -0.15) is 0 Å². The van der Waals surface area contributed by atoms with Gasteiger partial charge >= 0.3 is 0 Å². The molecule has 4 nitrogen and oxygen atoms in total. The van der Waals surface area contributed by atoms with Gasteiger partial charge in [-0.25, -0.2) is 4.98 Å². The van der Waals surface area contributed by atoms with Crippen molar-refractivity contribution in [3.05, 3.63) is 47.9 Å². The summed E-state index contributed by atoms with van der Waals surface area (Å²) in [5, 5.41) is 0.583. The first-order valence-electron chi connectivity index (χ1n) is 5.09. The molecule has 0 atom stereocenters. The molecule has 0 saturated carbocycles. The Hall–Kier alpha value is -2.07. The molecule has 84 valence electrons. The summed E-state index contributed by atoms with van der Waals surface area (Å²) >= 11 is 5.93. The Kier molecular flexibility index (Phi) is 2.23. The fraction of sp³-hybridized carbons (Fsp3) is 0. The number of nitrogen functional groups attached to an aromatic ring is 1. The van der Waals surface area contributed by atoms with Crippen molar-refractivity contribution < 1.29 is 0 Å². The van der Waals surface area contributed by atoms with Gasteiger partial charge in [0.2, 0.25) is 0 Å². The van der Waals surface area contributed by atoms with Gasteiger partial charge in [-0.15, -0.1) is 0 Å². The van der Waals surface area contributed by atoms with Gasteiger partial charge in [-0.1, -0.05) is 17.7 Å². The smallest absolute Gasteiger partial charge is 0.160 e. The van der Waals surface area contributed by atoms with Gasteiger partial charge < -0.3 is 10.1 Å². The molecule has 5 heteroatoms. The average molecular weight is 245 g/mol. The zero-order valence-corrected chi connectivity index (χ0v) is 9.59. The molecule has 3 aromatic rings. The van der Waals surface area contributed by atoms with Crippen LogP contribution in [0, 0.1) is 0 Å². The van der Waals surface area contributed by atoms with Crippen molar-refractivity contribution in [1.29, 1.82) is 0 Å². The lowest BCUT2D eigenvalue weighted by Gasteiger charge is -1.97. The monoisotopic (exact) mass is 244 g/mol. The summed E-state index contributed by atoms with van der Waals surface area (Å²) in [5.41, 5.74) is 8.69. The van der Waals surface area contributed by atoms with Gasteiger partial charge in [-0.05, 0) is 18.2 Å². The van der Waals surface area contributed by atoms with E-state index in [0.717, 1.165) is 11.4 Å². The molecule has 0 saturated heterocycles. The Balaban J connectivity index is 2.24. The summed E-state index contributed by atoms with van der Waals surface area (Å²) in [6, 6.07) is 7.37. The highest BCUT2D eigenvalue weighted by Crippen LogP contribution is 2.22. The van der Waals surface area contributed by atoms with Gasteiger partial charge in [0.05, 0.1) is 16.4 Å². The Labute approximate surface area is 103 Å². The van der Waals surface area contributed by atoms with Crippen LogP contribution in [0.25, 0.3) is 17.0 Å². The van der Waals surface area contributed by atoms with Crippen LogP contribution in [-0.4, -0.2) is 14.4 Å². The minimum atomic E-state index is 0.555. The molecule has 0 radical (unpaired) electrons. The highest BCUT2D eigenvalue weighted by molar-refractivity contribution is 6.30. The third-order valence-corrected chi connectivity index (χ3v) is 2.68. The number of nitrogens with two attached hydrogens (primary N) is 1. The molecule has 0 spiro atoms. The molecule has 17 heavy (non-hydrogen) atoms. The number of fused-ring (bicyclic) bond motifs is 1. The molecule has 0 aliphatic carbocycles. The second-order valence-corrected chi connectivity index (χ2v) is 4.12. The van der Waals surface area contributed by atoms with E-state index < -0.39 is 0 Å². The van der Waals surface area contributed by atoms with Crippen LogP contribution in [0.1, 0.15) is 0 Å². The number of imidazole rings is 1. The first-order chi connectivity index (χ1) is 8.24. The van der Waals surface area contributed by atoms with Crippen molar-refractivity contribution in [2.45, 2.75) is 0 Å². The van der Waals surface area contributed by atoms with Crippen LogP contribution in [-0.2, 0) is 0 Å². The Morgan fingerprint density at radius 2 is 2.06 bits per heavy atom. The molecule has 0 fully saturated rings. The van der Waals surface area contributed by atoms with Gasteiger partial charge in [0.1, 0.15) is 5.69 Å². The zero-order valence-electron chi connectivity index (χ0n) is 8.84. The van der Waals surface area contributed by atoms with E-state index in [1.807, 2.05) is 28.8 Å². The lowest BCUT2D eigenvalue weighted by atomic mass is 10.3. The molecule has 3 rings (SSSR count). The number of hydrogen-bond donors (Lipinski definition) is 1. The minimum absolute atomic E-state index is 0.555. The summed E-state index contributed by atoms with van der Waals surface area (Å²) in [5.74, 6) is 0. The van der Waals surface area contributed by atoms with E-state index in [0.29, 0.717) is 16.4 Å². The van der Waals surface area contributed by atoms with Crippen LogP contribution in [0.4, 0.5) is 5.69 Å². The van der Waals surface area contributed by atoms with E-state index in [1.54, 1.807) is 18.5 Å². The highest BCUT2D eigenvalue weighted by Gasteiger charge is 2.08. The number of aromatic nitrogens is 3. The van der Waals surface area contributed by atoms with Crippen molar-refractivity contribution >= 4 is 22.9 Å². The molecule has 0 unspecified atom stereocenters. The quantitative estimate of drug-likeness (QED) is 0.716. The number of nitrogens with zero attached hydrogens (tertiary/aromatic N) is 3. The van der Waals surface area contributed by atoms with Crippen molar-refractivity contribution in [2.24, 2.45) is 0 Å². The average Bonchev–Trinajstić information content (AvgIpc) is 2.74. The van der Waals surface area contributed by atoms with E-state index in [4.69, 9.17) is 17.3 Å². The fourth-order valence-electron chi connectivity index (χ4n) is 1.73. The van der Waals surface area contributed by atoms with Crippen molar-refractivity contribution in [2.75, 3.05) is 5.73 Å². The maximum Gasteiger partial charge on any atom is 0.160 e. The lowest BCUT2D eigenvalue weighted by molar-refractivity contribution is 1.19. The summed E-state index contributed by atoms with van der Waals surface area (Å²) in [6.45, 7) is 0. The Bertz CT molecular complexity index is 676. The lowest BCUT2D eigenvalue weighted by Crippen LogP contribution is -1.91. The predicted octanol–water partition coefficient (Wildman–Crippen LogP) is 2.63. The zero-order chi connectivity index (χ0) is 11.8. The molecular formula is C12H9ClN4. The van der Waals surface area contributed by atoms with Crippen LogP contribution in [0.15, 0.2) is 42.9 Å². The van der Waals surface area contributed by atoms with Crippen molar-refractivity contribution in [3.63, 3.8) is 0 Å². The van der Waals surface area contributed by atoms with E-state index in [1.165, 1.54) is 0 Å². The van der Waals surface area contributed by atoms with Crippen molar-refractivity contribution in [3.8, 4) is 11.4 Å². The van der Waals surface area contributed by atoms with Crippen LogP contribution >= 0.6 is 11.6 Å². The number of hydrogen-bond acceptors (Lipinski definition) is 3. The van der Waals surface area contributed by atoms with Gasteiger partial charge in [0.15, 0.2) is 5.65 Å². The molecule has 0 aliphatic rings. The normalized spacial score (nSPS) is 10.9. The number of halogens is 1. The Morgan fingerprint density at radius 3 is 2.82 bits per heavy atom. The van der Waals surface area contributed by atoms with E-state index in [9.17, 15) is 0 Å². The summed E-state index contributed by atoms with van der Waals surface area (Å²) in [7, 11) is 0. The van der Waals surface area contributed by atoms with Crippen LogP contribution in [0.2, 0.25) is 5.02 Å². The largest absolute Gasteiger partial charge is 0.396 e. The van der Waals surface area contributed by atoms with Crippen molar-refractivity contribution in [1.82, 2.24) is 14.4 Å². The van der Waals surface area contributed by atoms with E-state index >= 15 is 0 Å². The maximum atomic E-state index is 5.93. The SMILES string of the molecule is Nc1cc(Cl)cn2cc(-c3ccccn3)nc12. The van der Waals surface area contributed by atoms with Gasteiger partial charge in [0.25, 0.3) is 0 Å². The molecule has 0 aliphatic heterocycles. The fourth-order valence-corrected chi connectivity index (χ4v) is 1.95. The topological polar surface area (TPSA) is 56.2 Å². The predicted molar refractivity (Wildman–Crippen MR) is 67.8 cm³/mol. The van der Waals surface area contributed by atoms with Gasteiger partial charge in [0, 0.05) is 18.6 Å². The molecule has 0 bridgehead atoms. The second-order valence-electron chi connectivity index (χ2n) is 3.69. The van der Waals surface area contributed by atoms with E-state index in [-0.39, 0.29) is 0 Å². The molecule has 0 amide bonds. The first-order valence-corrected chi connectivity index (χ1v) is 5.47. The van der Waals surface area contributed by atoms with Crippen LogP contribution < -0.4 is 5.73 Å². The molecule has 3 heterocycles. The maximum absolute atomic E-state index is 5.93. The number of pyridine rings is 2. The Morgan fingerprint density at radius 1 is 1.18 bits per heavy atom. The van der Waals surface area contributed by atoms with Crippen LogP contribution in [0.5, 0.6) is 0 Å². The number of rotatable bonds is 1. The molecule has 0 aromatic carbocycles. The summed E-state index contributed by atoms with van der Waals surface area (Å²) < 4.78 is 1.81. The third-order valence-electron chi connectivity index (χ3n) is 2.47. The summed E-state index contributed by atoms with van der Waals surface area (Å²) in [6.07, 6.45) is 5.36. The molecular weight excluding hydrogens is 236 g/mol. The van der Waals surface area contributed by atoms with Crippen LogP contribution in [0.3, 0.4) is 0 Å². The minimum Gasteiger partial charge on any atom is -0.396 e. The second kappa shape index (κ2) is 3.75. The van der Waals surface area contributed by atoms with E-state index in [2.05, 4.69) is 9.97 Å². The van der Waals surface area contributed by atoms with Gasteiger partial charge in [-0.3, -0.25) is 4.98 Å². The molecule has 3 aromatic heterocycles. The summed E-state index contributed by atoms with van der Waals surface area (Å²) in [4.78, 5) is 8.69. The molecule has 2 N–H and O–H groups in total. The number of anilines is 1. The standard InChI is InChI=1S/C12H9ClN4/c13-8-5-9(14)12-16-11(7-17(12)6-8)10-3-1-2-4-15-10/h1-7H,14H2. The highest BCUT2D eigenvalue weighted by atomic mass is 35.5. The third kappa shape index (κ3) is 1.72.